The second-order valence-electron chi connectivity index (χ2n) is 5.53. The molecule has 1 heterocycles. The van der Waals surface area contributed by atoms with E-state index in [-0.39, 0.29) is 17.4 Å². The van der Waals surface area contributed by atoms with Gasteiger partial charge < -0.3 is 0 Å². The average Bonchev–Trinajstić information content (AvgIpc) is 3.04. The Bertz CT molecular complexity index is 841. The maximum atomic E-state index is 11.2. The van der Waals surface area contributed by atoms with Crippen molar-refractivity contribution in [2.24, 2.45) is 0 Å². The van der Waals surface area contributed by atoms with Crippen LogP contribution in [0.5, 0.6) is 0 Å². The van der Waals surface area contributed by atoms with Crippen LogP contribution in [0.4, 0.5) is 11.4 Å². The second-order valence-corrected chi connectivity index (χ2v) is 6.58. The summed E-state index contributed by atoms with van der Waals surface area (Å²) in [5.41, 5.74) is 2.12. The van der Waals surface area contributed by atoms with Gasteiger partial charge in [0.15, 0.2) is 0 Å². The topological polar surface area (TPSA) is 89.3 Å². The van der Waals surface area contributed by atoms with E-state index in [4.69, 9.17) is 0 Å². The summed E-state index contributed by atoms with van der Waals surface area (Å²) in [7, 11) is 0. The first-order chi connectivity index (χ1) is 11.1. The first-order valence-corrected chi connectivity index (χ1v) is 7.80. The molecule has 0 N–H and O–H groups in total. The van der Waals surface area contributed by atoms with E-state index in [0.717, 1.165) is 12.5 Å². The Kier molecular flexibility index (Phi) is 3.10. The molecule has 7 nitrogen and oxygen atoms in total. The zero-order valence-electron chi connectivity index (χ0n) is 11.8. The number of hydrogen-bond acceptors (Lipinski definition) is 6. The van der Waals surface area contributed by atoms with Crippen molar-refractivity contribution in [3.8, 4) is 0 Å². The molecule has 2 aliphatic rings. The molecule has 1 aliphatic heterocycles. The van der Waals surface area contributed by atoms with Crippen molar-refractivity contribution in [2.75, 3.05) is 0 Å². The number of fused-ring (bicyclic) bond motifs is 3. The lowest BCUT2D eigenvalue weighted by molar-refractivity contribution is -0.396. The van der Waals surface area contributed by atoms with E-state index in [1.807, 2.05) is 12.1 Å². The molecule has 1 aliphatic carbocycles. The van der Waals surface area contributed by atoms with Crippen molar-refractivity contribution in [1.82, 2.24) is 4.31 Å². The zero-order chi connectivity index (χ0) is 16.1. The molecule has 8 heteroatoms. The Morgan fingerprint density at radius 1 is 1.09 bits per heavy atom. The van der Waals surface area contributed by atoms with E-state index < -0.39 is 9.85 Å². The Labute approximate surface area is 135 Å². The van der Waals surface area contributed by atoms with E-state index in [9.17, 15) is 20.2 Å². The molecule has 2 aromatic rings. The lowest BCUT2D eigenvalue weighted by Crippen LogP contribution is -2.01. The van der Waals surface area contributed by atoms with Gasteiger partial charge in [0.2, 0.25) is 0 Å². The predicted octanol–water partition coefficient (Wildman–Crippen LogP) is 3.49. The summed E-state index contributed by atoms with van der Waals surface area (Å²) < 4.78 is 2.12. The molecule has 1 fully saturated rings. The molecule has 23 heavy (non-hydrogen) atoms. The molecule has 0 spiro atoms. The van der Waals surface area contributed by atoms with Gasteiger partial charge in [0.25, 0.3) is 11.4 Å². The summed E-state index contributed by atoms with van der Waals surface area (Å²) in [6, 6.07) is 12.6. The van der Waals surface area contributed by atoms with Crippen LogP contribution in [0.2, 0.25) is 0 Å². The van der Waals surface area contributed by atoms with Gasteiger partial charge in [0.1, 0.15) is 4.90 Å². The van der Waals surface area contributed by atoms with Crippen LogP contribution in [-0.2, 0) is 6.42 Å². The van der Waals surface area contributed by atoms with Crippen molar-refractivity contribution >= 4 is 23.3 Å². The number of rotatable bonds is 4. The van der Waals surface area contributed by atoms with Crippen LogP contribution in [0.25, 0.3) is 0 Å². The van der Waals surface area contributed by atoms with Gasteiger partial charge in [0, 0.05) is 12.1 Å². The van der Waals surface area contributed by atoms with Gasteiger partial charge in [-0.3, -0.25) is 20.2 Å². The van der Waals surface area contributed by atoms with Crippen LogP contribution >= 0.6 is 11.9 Å². The third kappa shape index (κ3) is 2.27. The second kappa shape index (κ2) is 5.04. The minimum absolute atomic E-state index is 0.220. The van der Waals surface area contributed by atoms with Gasteiger partial charge in [-0.1, -0.05) is 24.3 Å². The molecule has 2 aromatic carbocycles. The van der Waals surface area contributed by atoms with E-state index in [0.29, 0.717) is 10.9 Å². The quantitative estimate of drug-likeness (QED) is 0.369. The van der Waals surface area contributed by atoms with Gasteiger partial charge in [-0.15, -0.1) is 0 Å². The molecule has 116 valence electrons. The highest BCUT2D eigenvalue weighted by atomic mass is 32.2. The minimum Gasteiger partial charge on any atom is -0.258 e. The summed E-state index contributed by atoms with van der Waals surface area (Å²) in [4.78, 5) is 21.2. The summed E-state index contributed by atoms with van der Waals surface area (Å²) in [5.74, 6) is 0. The van der Waals surface area contributed by atoms with Gasteiger partial charge in [-0.2, -0.15) is 0 Å². The maximum absolute atomic E-state index is 11.2. The molecular formula is C15H11N3O4S. The van der Waals surface area contributed by atoms with Crippen molar-refractivity contribution in [3.63, 3.8) is 0 Å². The van der Waals surface area contributed by atoms with Crippen LogP contribution in [0.1, 0.15) is 17.2 Å². The smallest absolute Gasteiger partial charge is 0.258 e. The normalized spacial score (nSPS) is 23.9. The highest BCUT2D eigenvalue weighted by Crippen LogP contribution is 2.58. The fourth-order valence-corrected chi connectivity index (χ4v) is 4.34. The Morgan fingerprint density at radius 2 is 1.87 bits per heavy atom. The van der Waals surface area contributed by atoms with Gasteiger partial charge in [-0.05, 0) is 35.6 Å². The molecular weight excluding hydrogens is 318 g/mol. The third-order valence-electron chi connectivity index (χ3n) is 4.23. The van der Waals surface area contributed by atoms with Gasteiger partial charge in [-0.25, -0.2) is 4.31 Å². The zero-order valence-corrected chi connectivity index (χ0v) is 12.6. The van der Waals surface area contributed by atoms with Crippen molar-refractivity contribution in [2.45, 2.75) is 23.4 Å². The average molecular weight is 329 g/mol. The summed E-state index contributed by atoms with van der Waals surface area (Å²) in [6.45, 7) is 0. The van der Waals surface area contributed by atoms with Gasteiger partial charge in [0.05, 0.1) is 22.0 Å². The lowest BCUT2D eigenvalue weighted by atomic mass is 10.1. The Hall–Kier alpha value is -2.45. The van der Waals surface area contributed by atoms with Crippen LogP contribution in [0.15, 0.2) is 47.4 Å². The number of hydrogen-bond donors (Lipinski definition) is 0. The molecule has 3 unspecified atom stereocenters. The van der Waals surface area contributed by atoms with E-state index in [1.165, 1.54) is 35.2 Å². The van der Waals surface area contributed by atoms with Crippen molar-refractivity contribution < 1.29 is 9.85 Å². The third-order valence-corrected chi connectivity index (χ3v) is 5.48. The van der Waals surface area contributed by atoms with E-state index >= 15 is 0 Å². The standard InChI is InChI=1S/C15H11N3O4S/c19-17(20)10-5-6-14(12(8-10)18(21)22)23-16-13-7-9-3-1-2-4-11(9)15(13)16/h1-6,8,13,15H,7H2. The largest absolute Gasteiger partial charge is 0.291 e. The molecule has 0 saturated carbocycles. The molecule has 0 bridgehead atoms. The fraction of sp³-hybridized carbons (Fsp3) is 0.200. The van der Waals surface area contributed by atoms with E-state index in [1.54, 1.807) is 0 Å². The first-order valence-electron chi connectivity index (χ1n) is 7.03. The van der Waals surface area contributed by atoms with Gasteiger partial charge >= 0.3 is 0 Å². The molecule has 0 radical (unpaired) electrons. The number of nitrogens with zero attached hydrogens (tertiary/aromatic N) is 3. The number of nitro groups is 2. The fourth-order valence-electron chi connectivity index (χ4n) is 3.11. The monoisotopic (exact) mass is 329 g/mol. The highest BCUT2D eigenvalue weighted by molar-refractivity contribution is 7.97. The summed E-state index contributed by atoms with van der Waals surface area (Å²) in [6.07, 6.45) is 0.939. The Morgan fingerprint density at radius 3 is 2.61 bits per heavy atom. The highest BCUT2D eigenvalue weighted by Gasteiger charge is 2.54. The molecule has 3 atom stereocenters. The van der Waals surface area contributed by atoms with Crippen molar-refractivity contribution in [3.05, 3.63) is 73.8 Å². The molecule has 4 rings (SSSR count). The predicted molar refractivity (Wildman–Crippen MR) is 84.1 cm³/mol. The summed E-state index contributed by atoms with van der Waals surface area (Å²) >= 11 is 1.31. The van der Waals surface area contributed by atoms with E-state index in [2.05, 4.69) is 16.4 Å². The maximum Gasteiger partial charge on any atom is 0.291 e. The van der Waals surface area contributed by atoms with Crippen LogP contribution < -0.4 is 0 Å². The van der Waals surface area contributed by atoms with Crippen LogP contribution in [0, 0.1) is 20.2 Å². The van der Waals surface area contributed by atoms with Crippen LogP contribution in [0.3, 0.4) is 0 Å². The Balaban J connectivity index is 1.60. The molecule has 0 aromatic heterocycles. The number of non-ortho nitro benzene ring substituents is 1. The summed E-state index contributed by atoms with van der Waals surface area (Å²) in [5, 5.41) is 22.0. The molecule has 1 saturated heterocycles. The first kappa shape index (κ1) is 14.2. The number of benzene rings is 2. The number of nitro benzene ring substituents is 2. The van der Waals surface area contributed by atoms with Crippen molar-refractivity contribution in [1.29, 1.82) is 0 Å². The van der Waals surface area contributed by atoms with Crippen LogP contribution in [-0.4, -0.2) is 20.2 Å². The molecule has 0 amide bonds. The minimum atomic E-state index is -0.621. The lowest BCUT2D eigenvalue weighted by Gasteiger charge is -2.09. The SMILES string of the molecule is O=[N+]([O-])c1ccc(SN2C3Cc4ccccc4C32)c([N+](=O)[O-])c1.